The van der Waals surface area contributed by atoms with Crippen LogP contribution < -0.4 is 10.6 Å². The molecule has 0 spiro atoms. The van der Waals surface area contributed by atoms with Crippen molar-refractivity contribution in [3.8, 4) is 0 Å². The molecule has 0 aliphatic carbocycles. The maximum Gasteiger partial charge on any atom is 0.408 e. The third-order valence-electron chi connectivity index (χ3n) is 7.54. The quantitative estimate of drug-likeness (QED) is 0.0372. The molecule has 0 aromatic carbocycles. The number of amides is 2. The largest absolute Gasteiger partial charge is 0.460 e. The van der Waals surface area contributed by atoms with Gasteiger partial charge >= 0.3 is 18.2 Å². The zero-order valence-electron chi connectivity index (χ0n) is 37.0. The van der Waals surface area contributed by atoms with E-state index in [-0.39, 0.29) is 6.61 Å². The molecule has 0 fully saturated rings. The van der Waals surface area contributed by atoms with E-state index in [2.05, 4.69) is 119 Å². The van der Waals surface area contributed by atoms with E-state index in [4.69, 9.17) is 14.2 Å². The lowest BCUT2D eigenvalue weighted by molar-refractivity contribution is -0.145. The first kappa shape index (κ1) is 51.9. The third-order valence-corrected chi connectivity index (χ3v) is 7.54. The van der Waals surface area contributed by atoms with E-state index in [1.165, 1.54) is 16.7 Å². The fourth-order valence-electron chi connectivity index (χ4n) is 4.58. The molecule has 1 atom stereocenters. The zero-order valence-corrected chi connectivity index (χ0v) is 37.0. The molecule has 8 heteroatoms. The predicted molar refractivity (Wildman–Crippen MR) is 240 cm³/mol. The molecule has 0 saturated heterocycles. The van der Waals surface area contributed by atoms with Crippen molar-refractivity contribution in [3.05, 3.63) is 143 Å². The van der Waals surface area contributed by atoms with E-state index >= 15 is 0 Å². The molecule has 1 unspecified atom stereocenters. The standard InChI is InChI=1S/C49H72N2O6/c1-14-15-24-38(2)27-20-28-39(3)25-16-17-26-40(4)29-21-30-41(5)31-22-32-42(6)33-23-34-43(7)37-55-45(52)44(51-47(54)57-49(11,12)13)35-18-19-36-50-46(53)56-48(8,9)10/h14-17,20-22,24-32,34,44H,1,18-19,23,33,35-37H2,2-13H3,(H,50,53)(H,51,54)/b17-16+,24-15+,28-20+,29-21+,31-22+,38-27+,39-25+,40-26+,41-30+,42-32+,43-34+. The van der Waals surface area contributed by atoms with Gasteiger partial charge in [0, 0.05) is 6.54 Å². The molecular formula is C49H72N2O6. The molecule has 0 aliphatic rings. The lowest BCUT2D eigenvalue weighted by Crippen LogP contribution is -2.44. The van der Waals surface area contributed by atoms with Crippen molar-refractivity contribution in [3.63, 3.8) is 0 Å². The van der Waals surface area contributed by atoms with E-state index < -0.39 is 35.4 Å². The molecule has 57 heavy (non-hydrogen) atoms. The minimum Gasteiger partial charge on any atom is -0.460 e. The Labute approximate surface area is 345 Å². The highest BCUT2D eigenvalue weighted by atomic mass is 16.6. The Morgan fingerprint density at radius 1 is 0.614 bits per heavy atom. The first-order chi connectivity index (χ1) is 26.7. The van der Waals surface area contributed by atoms with Gasteiger partial charge in [-0.2, -0.15) is 0 Å². The molecule has 0 rings (SSSR count). The molecule has 0 aromatic heterocycles. The second-order valence-corrected chi connectivity index (χ2v) is 16.0. The second-order valence-electron chi connectivity index (χ2n) is 16.0. The van der Waals surface area contributed by atoms with E-state index in [9.17, 15) is 14.4 Å². The van der Waals surface area contributed by atoms with Gasteiger partial charge in [0.1, 0.15) is 23.9 Å². The van der Waals surface area contributed by atoms with Gasteiger partial charge in [-0.1, -0.05) is 138 Å². The minimum absolute atomic E-state index is 0.123. The van der Waals surface area contributed by atoms with Crippen molar-refractivity contribution in [2.75, 3.05) is 13.2 Å². The highest BCUT2D eigenvalue weighted by Crippen LogP contribution is 2.12. The first-order valence-corrected chi connectivity index (χ1v) is 19.8. The molecule has 2 N–H and O–H groups in total. The number of ether oxygens (including phenoxy) is 3. The summed E-state index contributed by atoms with van der Waals surface area (Å²) in [6, 6.07) is -0.879. The third kappa shape index (κ3) is 32.8. The molecule has 0 aliphatic heterocycles. The number of alkyl carbamates (subject to hydrolysis) is 2. The van der Waals surface area contributed by atoms with Crippen LogP contribution in [0.1, 0.15) is 115 Å². The van der Waals surface area contributed by atoms with Crippen molar-refractivity contribution in [1.29, 1.82) is 0 Å². The summed E-state index contributed by atoms with van der Waals surface area (Å²) in [7, 11) is 0. The lowest BCUT2D eigenvalue weighted by Gasteiger charge is -2.23. The Hall–Kier alpha value is -5.11. The van der Waals surface area contributed by atoms with Gasteiger partial charge in [0.05, 0.1) is 0 Å². The van der Waals surface area contributed by atoms with Crippen LogP contribution in [-0.2, 0) is 19.0 Å². The molecule has 0 bridgehead atoms. The van der Waals surface area contributed by atoms with Crippen LogP contribution in [-0.4, -0.2) is 48.6 Å². The SMILES string of the molecule is C=C/C=C/C(C)=C/C=C/C(C)=C/C=C/C=C(C)/C=C/C=C(C)/C=C/C=C(\C)CC/C=C(\C)COC(=O)C(CCCCNC(=O)OC(C)(C)C)NC(=O)OC(C)(C)C. The normalized spacial score (nSPS) is 14.9. The van der Waals surface area contributed by atoms with E-state index in [0.29, 0.717) is 25.8 Å². The van der Waals surface area contributed by atoms with E-state index in [1.54, 1.807) is 47.6 Å². The number of nitrogens with one attached hydrogen (secondary N) is 2. The zero-order chi connectivity index (χ0) is 43.3. The molecule has 0 aromatic rings. The van der Waals surface area contributed by atoms with Crippen LogP contribution in [0, 0.1) is 0 Å². The van der Waals surface area contributed by atoms with Gasteiger partial charge in [0.25, 0.3) is 0 Å². The van der Waals surface area contributed by atoms with Crippen LogP contribution in [0.5, 0.6) is 0 Å². The molecule has 0 saturated carbocycles. The predicted octanol–water partition coefficient (Wildman–Crippen LogP) is 12.5. The number of carbonyl (C=O) groups is 3. The van der Waals surface area contributed by atoms with Gasteiger partial charge in [-0.05, 0) is 121 Å². The summed E-state index contributed by atoms with van der Waals surface area (Å²) in [6.07, 6.45) is 36.7. The number of allylic oxidation sites excluding steroid dienone is 22. The molecule has 0 heterocycles. The smallest absolute Gasteiger partial charge is 0.408 e. The number of hydrogen-bond donors (Lipinski definition) is 2. The van der Waals surface area contributed by atoms with Crippen molar-refractivity contribution in [2.45, 2.75) is 132 Å². The van der Waals surface area contributed by atoms with Gasteiger partial charge < -0.3 is 24.8 Å². The average molecular weight is 785 g/mol. The van der Waals surface area contributed by atoms with E-state index in [1.807, 2.05) is 37.3 Å². The highest BCUT2D eigenvalue weighted by molar-refractivity contribution is 5.81. The minimum atomic E-state index is -0.879. The second kappa shape index (κ2) is 29.2. The Morgan fingerprint density at radius 2 is 1.09 bits per heavy atom. The van der Waals surface area contributed by atoms with Crippen LogP contribution in [0.2, 0.25) is 0 Å². The van der Waals surface area contributed by atoms with Gasteiger partial charge in [-0.15, -0.1) is 0 Å². The van der Waals surface area contributed by atoms with Gasteiger partial charge in [0.2, 0.25) is 0 Å². The number of hydrogen-bond acceptors (Lipinski definition) is 6. The molecule has 0 radical (unpaired) electrons. The van der Waals surface area contributed by atoms with Crippen LogP contribution in [0.4, 0.5) is 9.59 Å². The molecule has 2 amide bonds. The number of esters is 1. The van der Waals surface area contributed by atoms with Crippen LogP contribution in [0.25, 0.3) is 0 Å². The molecule has 314 valence electrons. The lowest BCUT2D eigenvalue weighted by atomic mass is 10.1. The Morgan fingerprint density at radius 3 is 1.60 bits per heavy atom. The summed E-state index contributed by atoms with van der Waals surface area (Å²) in [5.74, 6) is -0.532. The summed E-state index contributed by atoms with van der Waals surface area (Å²) < 4.78 is 16.2. The summed E-state index contributed by atoms with van der Waals surface area (Å²) in [5, 5.41) is 5.36. The number of rotatable bonds is 22. The average Bonchev–Trinajstić information content (AvgIpc) is 3.09. The highest BCUT2D eigenvalue weighted by Gasteiger charge is 2.25. The summed E-state index contributed by atoms with van der Waals surface area (Å²) in [5.41, 5.74) is 5.49. The van der Waals surface area contributed by atoms with E-state index in [0.717, 1.165) is 29.6 Å². The number of carbonyl (C=O) groups excluding carboxylic acids is 3. The fraction of sp³-hybridized carbons (Fsp3) is 0.449. The maximum absolute atomic E-state index is 13.0. The number of unbranched alkanes of at least 4 members (excludes halogenated alkanes) is 1. The van der Waals surface area contributed by atoms with Crippen LogP contribution >= 0.6 is 0 Å². The van der Waals surface area contributed by atoms with Crippen LogP contribution in [0.15, 0.2) is 143 Å². The Kier molecular flexibility index (Phi) is 26.6. The monoisotopic (exact) mass is 785 g/mol. The van der Waals surface area contributed by atoms with Crippen LogP contribution in [0.3, 0.4) is 0 Å². The van der Waals surface area contributed by atoms with Gasteiger partial charge in [-0.25, -0.2) is 14.4 Å². The Balaban J connectivity index is 4.96. The van der Waals surface area contributed by atoms with Gasteiger partial charge in [-0.3, -0.25) is 0 Å². The topological polar surface area (TPSA) is 103 Å². The summed E-state index contributed by atoms with van der Waals surface area (Å²) >= 11 is 0. The van der Waals surface area contributed by atoms with Crippen molar-refractivity contribution < 1.29 is 28.6 Å². The van der Waals surface area contributed by atoms with Crippen molar-refractivity contribution in [2.24, 2.45) is 0 Å². The fourth-order valence-corrected chi connectivity index (χ4v) is 4.58. The maximum atomic E-state index is 13.0. The Bertz CT molecular complexity index is 1630. The summed E-state index contributed by atoms with van der Waals surface area (Å²) in [4.78, 5) is 37.4. The molecule has 8 nitrogen and oxygen atoms in total. The van der Waals surface area contributed by atoms with Gasteiger partial charge in [0.15, 0.2) is 0 Å². The molecular weight excluding hydrogens is 713 g/mol. The van der Waals surface area contributed by atoms with Crippen molar-refractivity contribution >= 4 is 18.2 Å². The summed E-state index contributed by atoms with van der Waals surface area (Å²) in [6.45, 7) is 27.2. The first-order valence-electron chi connectivity index (χ1n) is 19.8. The van der Waals surface area contributed by atoms with Crippen molar-refractivity contribution in [1.82, 2.24) is 10.6 Å².